The van der Waals surface area contributed by atoms with Crippen molar-refractivity contribution in [1.29, 1.82) is 0 Å². The lowest BCUT2D eigenvalue weighted by molar-refractivity contribution is -0.133. The lowest BCUT2D eigenvalue weighted by Gasteiger charge is -2.27. The molecule has 0 aliphatic carbocycles. The van der Waals surface area contributed by atoms with Crippen LogP contribution in [0.3, 0.4) is 0 Å². The topological polar surface area (TPSA) is 40.5 Å². The monoisotopic (exact) mass is 225 g/mol. The lowest BCUT2D eigenvalue weighted by atomic mass is 10.1. The molecule has 0 saturated heterocycles. The van der Waals surface area contributed by atoms with Gasteiger partial charge < -0.3 is 10.0 Å². The summed E-state index contributed by atoms with van der Waals surface area (Å²) in [6, 6.07) is 5.75. The number of halogens is 1. The molecule has 1 rings (SSSR count). The standard InChI is InChI=1S/C12H16FNO2/c1-4-14(11(15)12(2,3)16)10-7-5-6-9(13)8-10/h5-8,16H,4H2,1-3H3. The summed E-state index contributed by atoms with van der Waals surface area (Å²) in [4.78, 5) is 13.2. The van der Waals surface area contributed by atoms with E-state index in [1.54, 1.807) is 13.0 Å². The molecule has 0 spiro atoms. The highest BCUT2D eigenvalue weighted by Gasteiger charge is 2.29. The number of hydrogen-bond donors (Lipinski definition) is 1. The second-order valence-electron chi connectivity index (χ2n) is 4.09. The van der Waals surface area contributed by atoms with E-state index in [9.17, 15) is 14.3 Å². The van der Waals surface area contributed by atoms with Gasteiger partial charge >= 0.3 is 0 Å². The fourth-order valence-corrected chi connectivity index (χ4v) is 1.42. The Morgan fingerprint density at radius 2 is 2.12 bits per heavy atom. The van der Waals surface area contributed by atoms with Gasteiger partial charge in [0.2, 0.25) is 0 Å². The van der Waals surface area contributed by atoms with Crippen LogP contribution in [0.2, 0.25) is 0 Å². The van der Waals surface area contributed by atoms with E-state index in [1.807, 2.05) is 0 Å². The van der Waals surface area contributed by atoms with Crippen molar-refractivity contribution in [3.8, 4) is 0 Å². The van der Waals surface area contributed by atoms with Crippen molar-refractivity contribution < 1.29 is 14.3 Å². The van der Waals surface area contributed by atoms with Gasteiger partial charge in [-0.3, -0.25) is 4.79 Å². The number of benzene rings is 1. The predicted octanol–water partition coefficient (Wildman–Crippen LogP) is 1.95. The number of aliphatic hydroxyl groups is 1. The second-order valence-corrected chi connectivity index (χ2v) is 4.09. The molecule has 0 aliphatic heterocycles. The van der Waals surface area contributed by atoms with Crippen LogP contribution < -0.4 is 4.90 Å². The summed E-state index contributed by atoms with van der Waals surface area (Å²) in [6.07, 6.45) is 0. The van der Waals surface area contributed by atoms with Crippen molar-refractivity contribution in [2.24, 2.45) is 0 Å². The SMILES string of the molecule is CCN(C(=O)C(C)(C)O)c1cccc(F)c1. The minimum Gasteiger partial charge on any atom is -0.381 e. The first kappa shape index (κ1) is 12.6. The summed E-state index contributed by atoms with van der Waals surface area (Å²) in [5.74, 6) is -0.847. The summed E-state index contributed by atoms with van der Waals surface area (Å²) in [5.41, 5.74) is -1.00. The Bertz CT molecular complexity index is 385. The van der Waals surface area contributed by atoms with Gasteiger partial charge in [-0.25, -0.2) is 4.39 Å². The van der Waals surface area contributed by atoms with Gasteiger partial charge in [-0.2, -0.15) is 0 Å². The molecular formula is C12H16FNO2. The quantitative estimate of drug-likeness (QED) is 0.854. The maximum Gasteiger partial charge on any atom is 0.258 e. The fraction of sp³-hybridized carbons (Fsp3) is 0.417. The highest BCUT2D eigenvalue weighted by atomic mass is 19.1. The first-order valence-corrected chi connectivity index (χ1v) is 5.16. The van der Waals surface area contributed by atoms with E-state index in [1.165, 1.54) is 36.9 Å². The van der Waals surface area contributed by atoms with Gasteiger partial charge in [-0.15, -0.1) is 0 Å². The summed E-state index contributed by atoms with van der Waals surface area (Å²) >= 11 is 0. The third-order valence-electron chi connectivity index (χ3n) is 2.20. The van der Waals surface area contributed by atoms with Crippen LogP contribution in [0.25, 0.3) is 0 Å². The molecule has 1 aromatic carbocycles. The number of carbonyl (C=O) groups excluding carboxylic acids is 1. The van der Waals surface area contributed by atoms with Gasteiger partial charge in [0.1, 0.15) is 11.4 Å². The molecule has 0 radical (unpaired) electrons. The maximum atomic E-state index is 13.0. The van der Waals surface area contributed by atoms with E-state index in [0.717, 1.165) is 0 Å². The smallest absolute Gasteiger partial charge is 0.258 e. The van der Waals surface area contributed by atoms with Crippen molar-refractivity contribution in [3.05, 3.63) is 30.1 Å². The van der Waals surface area contributed by atoms with E-state index in [-0.39, 0.29) is 0 Å². The zero-order chi connectivity index (χ0) is 12.3. The Balaban J connectivity index is 3.04. The molecule has 88 valence electrons. The van der Waals surface area contributed by atoms with Crippen LogP contribution in [0.4, 0.5) is 10.1 Å². The van der Waals surface area contributed by atoms with Crippen LogP contribution in [0.15, 0.2) is 24.3 Å². The molecule has 0 aromatic heterocycles. The molecule has 1 N–H and O–H groups in total. The molecule has 0 bridgehead atoms. The Morgan fingerprint density at radius 1 is 1.50 bits per heavy atom. The van der Waals surface area contributed by atoms with Crippen LogP contribution in [0.1, 0.15) is 20.8 Å². The third kappa shape index (κ3) is 2.79. The minimum atomic E-state index is -1.46. The minimum absolute atomic E-state index is 0.381. The summed E-state index contributed by atoms with van der Waals surface area (Å²) in [5, 5.41) is 9.63. The second kappa shape index (κ2) is 4.61. The number of hydrogen-bond acceptors (Lipinski definition) is 2. The zero-order valence-electron chi connectivity index (χ0n) is 9.70. The van der Waals surface area contributed by atoms with Gasteiger partial charge in [-0.05, 0) is 39.0 Å². The molecule has 16 heavy (non-hydrogen) atoms. The normalized spacial score (nSPS) is 11.3. The largest absolute Gasteiger partial charge is 0.381 e. The molecular weight excluding hydrogens is 209 g/mol. The number of rotatable bonds is 3. The van der Waals surface area contributed by atoms with Crippen molar-refractivity contribution in [1.82, 2.24) is 0 Å². The molecule has 0 aliphatic rings. The summed E-state index contributed by atoms with van der Waals surface area (Å²) in [6.45, 7) is 4.98. The van der Waals surface area contributed by atoms with Crippen LogP contribution in [-0.2, 0) is 4.79 Å². The van der Waals surface area contributed by atoms with Crippen molar-refractivity contribution in [2.45, 2.75) is 26.4 Å². The van der Waals surface area contributed by atoms with E-state index in [4.69, 9.17) is 0 Å². The predicted molar refractivity (Wildman–Crippen MR) is 60.7 cm³/mol. The van der Waals surface area contributed by atoms with E-state index in [2.05, 4.69) is 0 Å². The van der Waals surface area contributed by atoms with Crippen LogP contribution in [0.5, 0.6) is 0 Å². The van der Waals surface area contributed by atoms with Crippen LogP contribution in [-0.4, -0.2) is 23.2 Å². The molecule has 0 fully saturated rings. The highest BCUT2D eigenvalue weighted by Crippen LogP contribution is 2.19. The molecule has 0 atom stereocenters. The molecule has 4 heteroatoms. The first-order chi connectivity index (χ1) is 7.36. The number of likely N-dealkylation sites (N-methyl/N-ethyl adjacent to an activating group) is 1. The van der Waals surface area contributed by atoms with E-state index >= 15 is 0 Å². The van der Waals surface area contributed by atoms with Crippen molar-refractivity contribution in [2.75, 3.05) is 11.4 Å². The number of anilines is 1. The Morgan fingerprint density at radius 3 is 2.56 bits per heavy atom. The summed E-state index contributed by atoms with van der Waals surface area (Å²) < 4.78 is 13.0. The molecule has 0 unspecified atom stereocenters. The number of amides is 1. The number of carbonyl (C=O) groups is 1. The lowest BCUT2D eigenvalue weighted by Crippen LogP contribution is -2.45. The van der Waals surface area contributed by atoms with Gasteiger partial charge in [0.15, 0.2) is 0 Å². The average molecular weight is 225 g/mol. The zero-order valence-corrected chi connectivity index (χ0v) is 9.70. The van der Waals surface area contributed by atoms with Crippen molar-refractivity contribution >= 4 is 11.6 Å². The molecule has 3 nitrogen and oxygen atoms in total. The summed E-state index contributed by atoms with van der Waals surface area (Å²) in [7, 11) is 0. The van der Waals surface area contributed by atoms with Crippen LogP contribution in [0, 0.1) is 5.82 Å². The number of nitrogens with zero attached hydrogens (tertiary/aromatic N) is 1. The molecule has 1 amide bonds. The maximum absolute atomic E-state index is 13.0. The van der Waals surface area contributed by atoms with Gasteiger partial charge in [0.05, 0.1) is 0 Å². The van der Waals surface area contributed by atoms with Gasteiger partial charge in [0, 0.05) is 12.2 Å². The van der Waals surface area contributed by atoms with E-state index in [0.29, 0.717) is 12.2 Å². The Labute approximate surface area is 94.5 Å². The molecule has 0 saturated carbocycles. The Hall–Kier alpha value is -1.42. The first-order valence-electron chi connectivity index (χ1n) is 5.16. The van der Waals surface area contributed by atoms with Crippen molar-refractivity contribution in [3.63, 3.8) is 0 Å². The van der Waals surface area contributed by atoms with Gasteiger partial charge in [-0.1, -0.05) is 6.07 Å². The Kier molecular flexibility index (Phi) is 3.65. The molecule has 0 heterocycles. The van der Waals surface area contributed by atoms with Crippen LogP contribution >= 0.6 is 0 Å². The highest BCUT2D eigenvalue weighted by molar-refractivity contribution is 5.98. The fourth-order valence-electron chi connectivity index (χ4n) is 1.42. The van der Waals surface area contributed by atoms with E-state index < -0.39 is 17.3 Å². The average Bonchev–Trinajstić information content (AvgIpc) is 2.17. The third-order valence-corrected chi connectivity index (χ3v) is 2.20. The van der Waals surface area contributed by atoms with Gasteiger partial charge in [0.25, 0.3) is 5.91 Å². The molecule has 1 aromatic rings.